The van der Waals surface area contributed by atoms with E-state index in [9.17, 15) is 60.3 Å². The van der Waals surface area contributed by atoms with Crippen LogP contribution in [-0.2, 0) is 89.5 Å². The fraction of sp³-hybridized carbons (Fsp3) is 0.560. The number of sulfonamides is 2. The Morgan fingerprint density at radius 2 is 0.929 bits per heavy atom. The molecule has 13 atom stereocenters. The normalized spacial score (nSPS) is 19.3. The van der Waals surface area contributed by atoms with Gasteiger partial charge < -0.3 is 91.6 Å². The molecule has 4 fully saturated rings. The van der Waals surface area contributed by atoms with Crippen molar-refractivity contribution in [3.05, 3.63) is 169 Å². The highest BCUT2D eigenvalue weighted by Crippen LogP contribution is 2.45. The quantitative estimate of drug-likeness (QED) is 0.00784. The number of fused-ring (bicyclic) bond motifs is 2. The topological polar surface area (TPSA) is 391 Å². The predicted octanol–water partition coefficient (Wildman–Crippen LogP) is 15.5. The number of hydrogen-bond donors (Lipinski definition) is 5. The molecule has 5 N–H and O–H groups in total. The third-order valence-electron chi connectivity index (χ3n) is 20.4. The van der Waals surface area contributed by atoms with Crippen LogP contribution in [0.1, 0.15) is 140 Å². The van der Waals surface area contributed by atoms with Crippen molar-refractivity contribution in [1.29, 1.82) is 0 Å². The summed E-state index contributed by atoms with van der Waals surface area (Å²) in [6, 6.07) is 40.6. The van der Waals surface area contributed by atoms with Gasteiger partial charge in [-0.15, -0.1) is 24.0 Å². The van der Waals surface area contributed by atoms with E-state index in [-0.39, 0.29) is 162 Å². The molecule has 2 amide bonds. The van der Waals surface area contributed by atoms with E-state index in [1.54, 1.807) is 127 Å². The van der Waals surface area contributed by atoms with Gasteiger partial charge in [0, 0.05) is 32.8 Å². The number of unbranched alkanes of at least 4 members (excludes halogenated alkanes) is 1. The zero-order valence-electron chi connectivity index (χ0n) is 76.0. The number of hydrogen-bond acceptors (Lipinski definition) is 26. The summed E-state index contributed by atoms with van der Waals surface area (Å²) in [4.78, 5) is 59.3. The van der Waals surface area contributed by atoms with Gasteiger partial charge in [-0.25, -0.2) is 31.0 Å². The Kier molecular flexibility index (Phi) is 43.6. The first-order chi connectivity index (χ1) is 59.3. The van der Waals surface area contributed by atoms with Gasteiger partial charge in [0.2, 0.25) is 20.0 Å². The number of esters is 2. The lowest BCUT2D eigenvalue weighted by atomic mass is 9.82. The summed E-state index contributed by atoms with van der Waals surface area (Å²) in [5, 5.41) is 28.8. The number of rotatable bonds is 40. The monoisotopic (exact) mass is 1970 g/mol. The average Bonchev–Trinajstić information content (AvgIpc) is 0.997. The van der Waals surface area contributed by atoms with Crippen LogP contribution in [0.3, 0.4) is 0 Å². The average molecular weight is 1970 g/mol. The van der Waals surface area contributed by atoms with Crippen molar-refractivity contribution in [2.75, 3.05) is 92.8 Å². The van der Waals surface area contributed by atoms with Crippen molar-refractivity contribution >= 4 is 83.1 Å². The zero-order valence-corrected chi connectivity index (χ0v) is 81.7. The first-order valence-electron chi connectivity index (χ1n) is 42.6. The second-order valence-corrected chi connectivity index (χ2v) is 43.0. The van der Waals surface area contributed by atoms with E-state index in [2.05, 4.69) is 17.6 Å². The Labute approximate surface area is 767 Å². The van der Waals surface area contributed by atoms with Gasteiger partial charge in [0.15, 0.2) is 25.3 Å². The molecule has 6 aromatic rings. The zero-order chi connectivity index (χ0) is 92.7. The maximum Gasteiger partial charge on any atom is 0.413 e. The number of carbonyl (C=O) groups is 4. The molecule has 31 nitrogen and oxygen atoms in total. The Bertz CT molecular complexity index is 4400. The fourth-order valence-corrected chi connectivity index (χ4v) is 18.4. The number of alkyl carbamates (subject to hydrolysis) is 2. The van der Waals surface area contributed by atoms with Crippen LogP contribution in [0, 0.1) is 40.4 Å². The highest BCUT2D eigenvalue weighted by molar-refractivity contribution is 14.0. The molecule has 4 aliphatic rings. The van der Waals surface area contributed by atoms with E-state index in [0.29, 0.717) is 73.2 Å². The Balaban J connectivity index is 0.000000309. The van der Waals surface area contributed by atoms with Crippen molar-refractivity contribution in [2.45, 2.75) is 207 Å². The van der Waals surface area contributed by atoms with Gasteiger partial charge in [0.1, 0.15) is 46.7 Å². The number of aliphatic hydroxyl groups excluding tert-OH is 2. The van der Waals surface area contributed by atoms with E-state index < -0.39 is 103 Å². The standard InChI is InChI=1S/C36H47N2O11PS.C35H45N2O12PS.2C10H20O2.HI/c1-25(2)21-38(51(42,43)30-16-14-27(44-3)15-17-30)22-33(39)32(37-36(40)48-34-23-46-35-31(34)18-19-45-35)20-26-10-12-28(13-11-26)47-24-50(4,41)49-29-8-6-5-7-9-29;1-24(2)20-37(51(42,43)29-15-13-26(44-3)14-16-29)21-32(38)31(36-35(39)48-33-22-46-34-30(33)17-18-45-34)19-25-9-11-27(12-10-25)47-23-50(40,41)49-28-7-5-4-6-8-28;1-7(2)12-9(11)8(3)10(4,5)6;1-5-6-7-12-9(11)8-10(2,3)4;/h5-17,25,31-35,39H,18-24H2,1-4H3,(H,37,40);4-16,24,30-34,38H,17-23H2,1-3H3,(H,36,39)(H,40,41);7-8H,1-6H3;5-8H2,1-4H3;1H/t31-,32-,33+,34-,35+,50?;30-,31-,32+,33-,34+;8-;;/m000../s1. The van der Waals surface area contributed by atoms with Crippen LogP contribution in [0.5, 0.6) is 34.5 Å². The first-order valence-corrected chi connectivity index (χ1v) is 49.5. The van der Waals surface area contributed by atoms with Gasteiger partial charge >= 0.3 is 31.7 Å². The Hall–Kier alpha value is -7.67. The van der Waals surface area contributed by atoms with Gasteiger partial charge in [-0.1, -0.05) is 150 Å². The smallest absolute Gasteiger partial charge is 0.413 e. The molecule has 4 heterocycles. The van der Waals surface area contributed by atoms with Crippen LogP contribution in [0.4, 0.5) is 9.59 Å². The maximum absolute atomic E-state index is 13.8. The molecule has 0 aromatic heterocycles. The minimum Gasteiger partial charge on any atom is -0.497 e. The number of nitrogens with one attached hydrogen (secondary N) is 2. The van der Waals surface area contributed by atoms with Gasteiger partial charge in [-0.05, 0) is 177 Å². The number of methoxy groups -OCH3 is 2. The lowest BCUT2D eigenvalue weighted by Gasteiger charge is -2.31. The molecule has 0 spiro atoms. The fourth-order valence-electron chi connectivity index (χ4n) is 13.3. The van der Waals surface area contributed by atoms with Crippen molar-refractivity contribution in [1.82, 2.24) is 19.2 Å². The first kappa shape index (κ1) is 108. The molecule has 127 heavy (non-hydrogen) atoms. The summed E-state index contributed by atoms with van der Waals surface area (Å²) in [7, 11) is -12.3. The Morgan fingerprint density at radius 3 is 1.30 bits per heavy atom. The number of halogens is 1. The van der Waals surface area contributed by atoms with E-state index in [0.717, 1.165) is 12.8 Å². The van der Waals surface area contributed by atoms with Gasteiger partial charge in [-0.2, -0.15) is 8.61 Å². The van der Waals surface area contributed by atoms with Gasteiger partial charge in [0.25, 0.3) is 7.37 Å². The van der Waals surface area contributed by atoms with Crippen LogP contribution >= 0.6 is 38.9 Å². The van der Waals surface area contributed by atoms with E-state index in [1.165, 1.54) is 53.8 Å². The minimum atomic E-state index is -4.12. The van der Waals surface area contributed by atoms with E-state index in [1.807, 2.05) is 96.1 Å². The lowest BCUT2D eigenvalue weighted by Crippen LogP contribution is -2.51. The largest absolute Gasteiger partial charge is 0.497 e. The van der Waals surface area contributed by atoms with E-state index in [4.69, 9.17) is 65.9 Å². The van der Waals surface area contributed by atoms with Crippen LogP contribution in [0.2, 0.25) is 0 Å². The van der Waals surface area contributed by atoms with Crippen molar-refractivity contribution in [2.24, 2.45) is 40.4 Å². The Morgan fingerprint density at radius 1 is 0.535 bits per heavy atom. The molecule has 2 unspecified atom stereocenters. The van der Waals surface area contributed by atoms with Crippen molar-refractivity contribution in [3.63, 3.8) is 0 Å². The maximum atomic E-state index is 13.8. The molecule has 0 bridgehead atoms. The van der Waals surface area contributed by atoms with Crippen LogP contribution in [-0.4, -0.2) is 213 Å². The lowest BCUT2D eigenvalue weighted by molar-refractivity contribution is -0.155. The van der Waals surface area contributed by atoms with Gasteiger partial charge in [-0.3, -0.25) is 14.2 Å². The van der Waals surface area contributed by atoms with Crippen LogP contribution in [0.25, 0.3) is 0 Å². The summed E-state index contributed by atoms with van der Waals surface area (Å²) in [5.74, 6) is 1.93. The molecule has 10 rings (SSSR count). The third kappa shape index (κ3) is 36.9. The minimum absolute atomic E-state index is 0. The van der Waals surface area contributed by atoms with Gasteiger partial charge in [0.05, 0.1) is 112 Å². The number of para-hydroxylation sites is 2. The number of benzene rings is 6. The second-order valence-electron chi connectivity index (χ2n) is 34.9. The van der Waals surface area contributed by atoms with Crippen LogP contribution in [0.15, 0.2) is 168 Å². The molecule has 6 aromatic carbocycles. The summed E-state index contributed by atoms with van der Waals surface area (Å²) in [6.45, 7) is 30.5. The van der Waals surface area contributed by atoms with Crippen molar-refractivity contribution in [3.8, 4) is 34.5 Å². The number of ether oxygens (including phenoxy) is 12. The molecule has 708 valence electrons. The number of aliphatic hydroxyl groups is 2. The second kappa shape index (κ2) is 51.2. The molecule has 4 aliphatic heterocycles. The number of amides is 2. The SMILES string of the molecule is CC(C)OC(=O)[C@H](C)C(C)(C)C.CCCCOC(=O)CC(C)(C)C.COc1ccc(S(=O)(=O)N(CC(C)C)C[C@@H](O)[C@H](Cc2ccc(OCP(=O)(O)Oc3ccccc3)cc2)NC(=O)O[C@H]2CO[C@H]3OCC[C@H]32)cc1.COc1ccc(S(=O)(=O)N(CC(C)C)C[C@@H](O)[C@H](Cc2ccc(OCP(C)(=O)Oc3ccccc3)cc2)NC(=O)O[C@H]2CO[C@H]3OCC[C@H]32)cc1.I. The summed E-state index contributed by atoms with van der Waals surface area (Å²) < 4.78 is 159. The summed E-state index contributed by atoms with van der Waals surface area (Å²) in [6.07, 6.45) is -2.74. The summed E-state index contributed by atoms with van der Waals surface area (Å²) in [5.41, 5.74) is 1.41. The summed E-state index contributed by atoms with van der Waals surface area (Å²) >= 11 is 0. The molecule has 4 saturated heterocycles. The number of nitrogens with zero attached hydrogens (tertiary/aromatic N) is 2. The molecular formula is C91H133IN4O27P2S2. The highest BCUT2D eigenvalue weighted by atomic mass is 127. The molecular weight excluding hydrogens is 1830 g/mol. The predicted molar refractivity (Wildman–Crippen MR) is 491 cm³/mol. The third-order valence-corrected chi connectivity index (χ3v) is 26.3. The molecule has 36 heteroatoms. The number of carbonyl (C=O) groups excluding carboxylic acids is 4. The highest BCUT2D eigenvalue weighted by Gasteiger charge is 2.46. The van der Waals surface area contributed by atoms with Crippen molar-refractivity contribution < 1.29 is 126 Å². The van der Waals surface area contributed by atoms with Crippen LogP contribution < -0.4 is 38.6 Å². The van der Waals surface area contributed by atoms with E-state index >= 15 is 0 Å². The molecule has 0 aliphatic carbocycles. The molecule has 0 saturated carbocycles. The molecule has 0 radical (unpaired) electrons.